The van der Waals surface area contributed by atoms with Crippen LogP contribution in [-0.4, -0.2) is 33.1 Å². The van der Waals surface area contributed by atoms with Crippen LogP contribution in [0.1, 0.15) is 19.8 Å². The first-order chi connectivity index (χ1) is 15.4. The van der Waals surface area contributed by atoms with E-state index in [9.17, 15) is 13.2 Å². The molecule has 166 valence electrons. The van der Waals surface area contributed by atoms with Gasteiger partial charge in [-0.1, -0.05) is 18.2 Å². The largest absolute Gasteiger partial charge is 0.454 e. The van der Waals surface area contributed by atoms with Crippen LogP contribution in [0.5, 0.6) is 11.5 Å². The van der Waals surface area contributed by atoms with Gasteiger partial charge >= 0.3 is 0 Å². The zero-order valence-corrected chi connectivity index (χ0v) is 18.1. The summed E-state index contributed by atoms with van der Waals surface area (Å²) in [4.78, 5) is 17.6. The molecule has 0 radical (unpaired) electrons. The van der Waals surface area contributed by atoms with Crippen LogP contribution in [0, 0.1) is 0 Å². The molecule has 1 saturated carbocycles. The zero-order chi connectivity index (χ0) is 22.3. The summed E-state index contributed by atoms with van der Waals surface area (Å²) >= 11 is 0. The standard InChI is InChI=1S/C23H21N3O5S.H2/c1-24-32(28,29)18-6-2-15(3-7-18)16-4-9-21(25-13-16)26-22(27)23(10-11-23)17-5-8-19-20(12-17)31-14-30-19;/h2-9,12-13,24H,10-11,14H2,1H3,(H,25,26,27);1H. The predicted molar refractivity (Wildman–Crippen MR) is 120 cm³/mol. The highest BCUT2D eigenvalue weighted by Gasteiger charge is 2.51. The van der Waals surface area contributed by atoms with Crippen molar-refractivity contribution in [3.8, 4) is 22.6 Å². The van der Waals surface area contributed by atoms with Gasteiger partial charge in [0.25, 0.3) is 0 Å². The summed E-state index contributed by atoms with van der Waals surface area (Å²) in [5, 5.41) is 2.92. The summed E-state index contributed by atoms with van der Waals surface area (Å²) < 4.78 is 36.8. The lowest BCUT2D eigenvalue weighted by Gasteiger charge is -2.16. The number of ether oxygens (including phenoxy) is 2. The number of sulfonamides is 1. The van der Waals surface area contributed by atoms with Gasteiger partial charge in [-0.3, -0.25) is 4.79 Å². The maximum atomic E-state index is 13.0. The van der Waals surface area contributed by atoms with Crippen molar-refractivity contribution in [1.29, 1.82) is 0 Å². The molecule has 3 aromatic rings. The molecule has 8 nitrogen and oxygen atoms in total. The number of fused-ring (bicyclic) bond motifs is 1. The molecule has 2 aromatic carbocycles. The maximum absolute atomic E-state index is 13.0. The van der Waals surface area contributed by atoms with Crippen molar-refractivity contribution in [1.82, 2.24) is 9.71 Å². The van der Waals surface area contributed by atoms with Crippen LogP contribution in [0.2, 0.25) is 0 Å². The first kappa shape index (κ1) is 20.5. The molecule has 0 bridgehead atoms. The Bertz CT molecular complexity index is 1290. The van der Waals surface area contributed by atoms with Gasteiger partial charge in [0.1, 0.15) is 5.82 Å². The Hall–Kier alpha value is -3.43. The molecule has 5 rings (SSSR count). The van der Waals surface area contributed by atoms with E-state index in [1.807, 2.05) is 24.3 Å². The number of rotatable bonds is 6. The number of amides is 1. The number of hydrogen-bond acceptors (Lipinski definition) is 6. The van der Waals surface area contributed by atoms with Crippen molar-refractivity contribution in [3.63, 3.8) is 0 Å². The third kappa shape index (κ3) is 3.59. The highest BCUT2D eigenvalue weighted by Crippen LogP contribution is 2.51. The molecule has 1 aromatic heterocycles. The lowest BCUT2D eigenvalue weighted by Crippen LogP contribution is -2.28. The molecule has 1 amide bonds. The second kappa shape index (κ2) is 7.61. The highest BCUT2D eigenvalue weighted by atomic mass is 32.2. The van der Waals surface area contributed by atoms with Gasteiger partial charge in [-0.05, 0) is 67.4 Å². The maximum Gasteiger partial charge on any atom is 0.240 e. The SMILES string of the molecule is CNS(=O)(=O)c1ccc(-c2ccc(NC(=O)C3(c4ccc5c(c4)OCO5)CC3)nc2)cc1.[HH]. The Balaban J connectivity index is 0.00000259. The second-order valence-electron chi connectivity index (χ2n) is 7.77. The van der Waals surface area contributed by atoms with Gasteiger partial charge in [0.05, 0.1) is 10.3 Å². The fourth-order valence-electron chi connectivity index (χ4n) is 3.78. The molecule has 1 aliphatic heterocycles. The average Bonchev–Trinajstić information content (AvgIpc) is 3.50. The number of anilines is 1. The number of nitrogens with one attached hydrogen (secondary N) is 2. The normalized spacial score (nSPS) is 15.9. The fraction of sp³-hybridized carbons (Fsp3) is 0.217. The van der Waals surface area contributed by atoms with Gasteiger partial charge in [0.15, 0.2) is 11.5 Å². The Morgan fingerprint density at radius 3 is 2.38 bits per heavy atom. The van der Waals surface area contributed by atoms with Gasteiger partial charge in [0.2, 0.25) is 22.7 Å². The van der Waals surface area contributed by atoms with Crippen molar-refractivity contribution >= 4 is 21.7 Å². The van der Waals surface area contributed by atoms with E-state index in [4.69, 9.17) is 9.47 Å². The number of carbonyl (C=O) groups is 1. The Kier molecular flexibility index (Phi) is 4.87. The molecule has 9 heteroatoms. The van der Waals surface area contributed by atoms with Crippen LogP contribution in [0.25, 0.3) is 11.1 Å². The van der Waals surface area contributed by atoms with Gasteiger partial charge in [-0.25, -0.2) is 18.1 Å². The summed E-state index contributed by atoms with van der Waals surface area (Å²) in [7, 11) is -2.11. The first-order valence-corrected chi connectivity index (χ1v) is 11.6. The number of benzene rings is 2. The molecule has 0 unspecified atom stereocenters. The lowest BCUT2D eigenvalue weighted by molar-refractivity contribution is -0.118. The van der Waals surface area contributed by atoms with Crippen LogP contribution in [0.15, 0.2) is 65.7 Å². The van der Waals surface area contributed by atoms with Crippen molar-refractivity contribution in [2.75, 3.05) is 19.2 Å². The monoisotopic (exact) mass is 453 g/mol. The van der Waals surface area contributed by atoms with E-state index in [-0.39, 0.29) is 19.0 Å². The Morgan fingerprint density at radius 1 is 1.00 bits per heavy atom. The minimum absolute atomic E-state index is 0. The molecule has 0 atom stereocenters. The van der Waals surface area contributed by atoms with Gasteiger partial charge in [-0.15, -0.1) is 0 Å². The van der Waals surface area contributed by atoms with Crippen molar-refractivity contribution in [3.05, 3.63) is 66.4 Å². The molecule has 2 heterocycles. The Morgan fingerprint density at radius 2 is 1.72 bits per heavy atom. The van der Waals surface area contributed by atoms with Crippen LogP contribution in [0.4, 0.5) is 5.82 Å². The minimum atomic E-state index is -3.48. The summed E-state index contributed by atoms with van der Waals surface area (Å²) in [6, 6.07) is 15.7. The van der Waals surface area contributed by atoms with Gasteiger partial charge in [-0.2, -0.15) is 0 Å². The van der Waals surface area contributed by atoms with Gasteiger partial charge in [0, 0.05) is 13.2 Å². The summed E-state index contributed by atoms with van der Waals surface area (Å²) in [5.74, 6) is 1.72. The smallest absolute Gasteiger partial charge is 0.240 e. The number of aromatic nitrogens is 1. The van der Waals surface area contributed by atoms with E-state index in [0.717, 1.165) is 29.5 Å². The van der Waals surface area contributed by atoms with E-state index >= 15 is 0 Å². The summed E-state index contributed by atoms with van der Waals surface area (Å²) in [6.45, 7) is 0.197. The molecule has 1 fully saturated rings. The zero-order valence-electron chi connectivity index (χ0n) is 17.3. The summed E-state index contributed by atoms with van der Waals surface area (Å²) in [5.41, 5.74) is 1.97. The molecular weight excluding hydrogens is 430 g/mol. The minimum Gasteiger partial charge on any atom is -0.454 e. The number of carbonyl (C=O) groups excluding carboxylic acids is 1. The summed E-state index contributed by atoms with van der Waals surface area (Å²) in [6.07, 6.45) is 3.17. The molecular formula is C23H23N3O5S. The van der Waals surface area contributed by atoms with Crippen molar-refractivity contribution < 1.29 is 24.1 Å². The third-order valence-electron chi connectivity index (χ3n) is 5.88. The highest BCUT2D eigenvalue weighted by molar-refractivity contribution is 7.89. The molecule has 0 spiro atoms. The molecule has 32 heavy (non-hydrogen) atoms. The number of hydrogen-bond donors (Lipinski definition) is 2. The van der Waals surface area contributed by atoms with Crippen LogP contribution < -0.4 is 19.5 Å². The van der Waals surface area contributed by atoms with Crippen molar-refractivity contribution in [2.45, 2.75) is 23.2 Å². The van der Waals surface area contributed by atoms with Crippen LogP contribution >= 0.6 is 0 Å². The van der Waals surface area contributed by atoms with E-state index in [1.165, 1.54) is 7.05 Å². The predicted octanol–water partition coefficient (Wildman–Crippen LogP) is 3.30. The Labute approximate surface area is 187 Å². The van der Waals surface area contributed by atoms with Crippen molar-refractivity contribution in [2.24, 2.45) is 0 Å². The number of pyridine rings is 1. The lowest BCUT2D eigenvalue weighted by atomic mass is 9.94. The fourth-order valence-corrected chi connectivity index (χ4v) is 4.52. The number of nitrogens with zero attached hydrogens (tertiary/aromatic N) is 1. The van der Waals surface area contributed by atoms with Crippen LogP contribution in [-0.2, 0) is 20.2 Å². The second-order valence-corrected chi connectivity index (χ2v) is 9.65. The molecule has 2 N–H and O–H groups in total. The molecule has 1 aliphatic carbocycles. The first-order valence-electron chi connectivity index (χ1n) is 10.1. The molecule has 2 aliphatic rings. The van der Waals surface area contributed by atoms with E-state index < -0.39 is 15.4 Å². The topological polar surface area (TPSA) is 107 Å². The van der Waals surface area contributed by atoms with E-state index in [2.05, 4.69) is 15.0 Å². The third-order valence-corrected chi connectivity index (χ3v) is 7.31. The van der Waals surface area contributed by atoms with Gasteiger partial charge < -0.3 is 14.8 Å². The average molecular weight is 454 g/mol. The van der Waals surface area contributed by atoms with E-state index in [1.54, 1.807) is 36.5 Å². The molecule has 0 saturated heterocycles. The quantitative estimate of drug-likeness (QED) is 0.593. The van der Waals surface area contributed by atoms with Crippen LogP contribution in [0.3, 0.4) is 0 Å². The van der Waals surface area contributed by atoms with E-state index in [0.29, 0.717) is 17.3 Å².